The van der Waals surface area contributed by atoms with Gasteiger partial charge in [-0.1, -0.05) is 25.7 Å². The number of ketones is 1. The Bertz CT molecular complexity index is 624. The molecule has 1 spiro atoms. The van der Waals surface area contributed by atoms with Gasteiger partial charge >= 0.3 is 0 Å². The molecule has 150 valence electrons. The quantitative estimate of drug-likeness (QED) is 0.283. The Morgan fingerprint density at radius 3 is 2.19 bits per heavy atom. The highest BCUT2D eigenvalue weighted by atomic mass is 32.2. The molecule has 2 saturated carbocycles. The Morgan fingerprint density at radius 1 is 1.00 bits per heavy atom. The Morgan fingerprint density at radius 2 is 1.63 bits per heavy atom. The van der Waals surface area contributed by atoms with E-state index >= 15 is 0 Å². The Kier molecular flexibility index (Phi) is 6.69. The Hall–Kier alpha value is -1.27. The van der Waals surface area contributed by atoms with Crippen molar-refractivity contribution in [3.63, 3.8) is 0 Å². The van der Waals surface area contributed by atoms with Crippen molar-refractivity contribution >= 4 is 23.8 Å². The molecule has 0 aromatic rings. The van der Waals surface area contributed by atoms with E-state index in [4.69, 9.17) is 14.2 Å². The van der Waals surface area contributed by atoms with E-state index in [1.807, 2.05) is 0 Å². The topological polar surface area (TPSA) is 61.8 Å². The van der Waals surface area contributed by atoms with Crippen LogP contribution in [0, 0.1) is 0 Å². The van der Waals surface area contributed by atoms with E-state index in [0.29, 0.717) is 17.6 Å². The second-order valence-corrected chi connectivity index (χ2v) is 9.31. The van der Waals surface area contributed by atoms with Gasteiger partial charge < -0.3 is 14.2 Å². The molecule has 0 atom stereocenters. The van der Waals surface area contributed by atoms with Crippen molar-refractivity contribution in [2.45, 2.75) is 81.2 Å². The van der Waals surface area contributed by atoms with Crippen LogP contribution >= 0.6 is 11.8 Å². The van der Waals surface area contributed by atoms with Crippen molar-refractivity contribution in [1.29, 1.82) is 0 Å². The summed E-state index contributed by atoms with van der Waals surface area (Å²) in [4.78, 5) is 25.0. The second kappa shape index (κ2) is 8.82. The number of hydrogen-bond donors (Lipinski definition) is 0. The van der Waals surface area contributed by atoms with Gasteiger partial charge in [-0.2, -0.15) is 0 Å². The van der Waals surface area contributed by atoms with Crippen molar-refractivity contribution in [3.8, 4) is 0 Å². The third-order valence-electron chi connectivity index (χ3n) is 5.95. The molecule has 0 N–H and O–H groups in total. The van der Waals surface area contributed by atoms with E-state index in [-0.39, 0.29) is 22.0 Å². The van der Waals surface area contributed by atoms with Crippen molar-refractivity contribution < 1.29 is 23.8 Å². The number of carbonyl (C=O) groups is 2. The molecule has 0 unspecified atom stereocenters. The molecule has 5 nitrogen and oxygen atoms in total. The van der Waals surface area contributed by atoms with E-state index < -0.39 is 5.79 Å². The van der Waals surface area contributed by atoms with Crippen LogP contribution in [-0.4, -0.2) is 36.8 Å². The lowest BCUT2D eigenvalue weighted by molar-refractivity contribution is -0.237. The smallest absolute Gasteiger partial charge is 0.292 e. The highest BCUT2D eigenvalue weighted by Gasteiger charge is 2.43. The van der Waals surface area contributed by atoms with Gasteiger partial charge in [-0.05, 0) is 31.8 Å². The molecule has 27 heavy (non-hydrogen) atoms. The number of rotatable bonds is 6. The van der Waals surface area contributed by atoms with Crippen LogP contribution in [0.5, 0.6) is 0 Å². The van der Waals surface area contributed by atoms with Crippen LogP contribution in [0.25, 0.3) is 0 Å². The molecular weight excluding hydrogens is 364 g/mol. The highest BCUT2D eigenvalue weighted by molar-refractivity contribution is 8.05. The Balaban J connectivity index is 1.83. The fourth-order valence-electron chi connectivity index (χ4n) is 4.40. The first-order chi connectivity index (χ1) is 13.1. The zero-order valence-electron chi connectivity index (χ0n) is 16.4. The van der Waals surface area contributed by atoms with Gasteiger partial charge in [0.2, 0.25) is 5.79 Å². The predicted molar refractivity (Wildman–Crippen MR) is 105 cm³/mol. The molecule has 3 rings (SSSR count). The molecule has 6 heteroatoms. The summed E-state index contributed by atoms with van der Waals surface area (Å²) in [6, 6.07) is 0. The number of carbonyl (C=O) groups excluding carboxylic acids is 2. The number of aldehydes is 1. The monoisotopic (exact) mass is 394 g/mol. The van der Waals surface area contributed by atoms with Crippen LogP contribution in [0.3, 0.4) is 0 Å². The molecular formula is C21H30O5S. The zero-order valence-corrected chi connectivity index (χ0v) is 17.2. The van der Waals surface area contributed by atoms with Crippen LogP contribution in [0.15, 0.2) is 22.5 Å². The van der Waals surface area contributed by atoms with Crippen molar-refractivity contribution in [1.82, 2.24) is 0 Å². The van der Waals surface area contributed by atoms with E-state index in [1.54, 1.807) is 24.9 Å². The summed E-state index contributed by atoms with van der Waals surface area (Å²) in [5.74, 6) is -0.497. The number of hydrogen-bond acceptors (Lipinski definition) is 6. The van der Waals surface area contributed by atoms with Gasteiger partial charge in [-0.3, -0.25) is 9.59 Å². The summed E-state index contributed by atoms with van der Waals surface area (Å²) < 4.78 is 17.1. The standard InChI is InChI=1S/C21H30O5S/c1-24-19(26-21(25-2)11-7-4-8-12-21)16(15-22)13-18-17(23)14-20(27-18)9-5-3-6-10-20/h13,15H,3-12,14H2,1-2H3/b18-13+,19-16-. The minimum atomic E-state index is -0.756. The van der Waals surface area contributed by atoms with Crippen LogP contribution in [0.1, 0.15) is 70.6 Å². The molecule has 3 aliphatic rings. The van der Waals surface area contributed by atoms with Gasteiger partial charge in [0.15, 0.2) is 12.1 Å². The van der Waals surface area contributed by atoms with Crippen LogP contribution in [0.2, 0.25) is 0 Å². The summed E-state index contributed by atoms with van der Waals surface area (Å²) in [5.41, 5.74) is 0.267. The largest absolute Gasteiger partial charge is 0.468 e. The van der Waals surface area contributed by atoms with Crippen molar-refractivity contribution in [2.24, 2.45) is 0 Å². The molecule has 3 fully saturated rings. The first kappa shape index (κ1) is 20.5. The van der Waals surface area contributed by atoms with Gasteiger partial charge in [0.05, 0.1) is 17.6 Å². The van der Waals surface area contributed by atoms with Crippen molar-refractivity contribution in [2.75, 3.05) is 14.2 Å². The first-order valence-corrected chi connectivity index (χ1v) is 10.8. The lowest BCUT2D eigenvalue weighted by Crippen LogP contribution is -2.37. The maximum atomic E-state index is 12.6. The first-order valence-electron chi connectivity index (χ1n) is 9.97. The summed E-state index contributed by atoms with van der Waals surface area (Å²) in [7, 11) is 3.11. The summed E-state index contributed by atoms with van der Waals surface area (Å²) in [6.45, 7) is 0. The maximum Gasteiger partial charge on any atom is 0.292 e. The minimum Gasteiger partial charge on any atom is -0.468 e. The average molecular weight is 395 g/mol. The Labute approximate surface area is 165 Å². The predicted octanol–water partition coefficient (Wildman–Crippen LogP) is 4.66. The van der Waals surface area contributed by atoms with Gasteiger partial charge in [0.1, 0.15) is 0 Å². The molecule has 0 radical (unpaired) electrons. The molecule has 2 aliphatic carbocycles. The third-order valence-corrected chi connectivity index (χ3v) is 7.50. The van der Waals surface area contributed by atoms with Crippen LogP contribution in [0.4, 0.5) is 0 Å². The third kappa shape index (κ3) is 4.60. The van der Waals surface area contributed by atoms with Crippen LogP contribution < -0.4 is 0 Å². The molecule has 0 amide bonds. The maximum absolute atomic E-state index is 12.6. The fourth-order valence-corrected chi connectivity index (χ4v) is 5.93. The number of ether oxygens (including phenoxy) is 3. The zero-order chi connectivity index (χ0) is 19.3. The lowest BCUT2D eigenvalue weighted by Gasteiger charge is -2.36. The van der Waals surface area contributed by atoms with Gasteiger partial charge in [0, 0.05) is 31.1 Å². The van der Waals surface area contributed by atoms with Crippen molar-refractivity contribution in [3.05, 3.63) is 22.5 Å². The van der Waals surface area contributed by atoms with Gasteiger partial charge in [-0.25, -0.2) is 0 Å². The second-order valence-electron chi connectivity index (χ2n) is 7.80. The lowest BCUT2D eigenvalue weighted by atomic mass is 9.85. The highest BCUT2D eigenvalue weighted by Crippen LogP contribution is 2.52. The molecule has 1 heterocycles. The molecule has 1 saturated heterocycles. The van der Waals surface area contributed by atoms with E-state index in [9.17, 15) is 9.59 Å². The molecule has 0 bridgehead atoms. The van der Waals surface area contributed by atoms with Gasteiger partial charge in [0.25, 0.3) is 5.95 Å². The van der Waals surface area contributed by atoms with Crippen LogP contribution in [-0.2, 0) is 23.8 Å². The SMILES string of the molecule is CO/C(OC1(OC)CCCCC1)=C(C=O)\C=C1\SC2(CCCCC2)CC1=O. The average Bonchev–Trinajstić information content (AvgIpc) is 3.00. The number of thioether (sulfide) groups is 1. The van der Waals surface area contributed by atoms with E-state index in [0.717, 1.165) is 44.9 Å². The molecule has 1 aliphatic heterocycles. The molecule has 0 aromatic heterocycles. The summed E-state index contributed by atoms with van der Waals surface area (Å²) >= 11 is 1.64. The minimum absolute atomic E-state index is 0.0282. The normalized spacial score (nSPS) is 26.7. The number of methoxy groups -OCH3 is 2. The summed E-state index contributed by atoms with van der Waals surface area (Å²) in [5, 5.41) is 0. The fraction of sp³-hybridized carbons (Fsp3) is 0.714. The number of Topliss-reactive ketones (excluding diaryl/α,β-unsaturated/α-hetero) is 1. The number of allylic oxidation sites excluding steroid dienone is 3. The van der Waals surface area contributed by atoms with E-state index in [2.05, 4.69) is 0 Å². The van der Waals surface area contributed by atoms with E-state index in [1.165, 1.54) is 26.4 Å². The molecule has 0 aromatic carbocycles. The summed E-state index contributed by atoms with van der Waals surface area (Å²) in [6.07, 6.45) is 13.4. The van der Waals surface area contributed by atoms with Gasteiger partial charge in [-0.15, -0.1) is 11.8 Å².